The molecule has 4 heterocycles. The van der Waals surface area contributed by atoms with Crippen LogP contribution in [0.15, 0.2) is 40.5 Å². The van der Waals surface area contributed by atoms with E-state index in [0.29, 0.717) is 24.7 Å². The number of rotatable bonds is 3. The van der Waals surface area contributed by atoms with Gasteiger partial charge in [0.15, 0.2) is 11.6 Å². The zero-order valence-electron chi connectivity index (χ0n) is 15.3. The summed E-state index contributed by atoms with van der Waals surface area (Å²) in [5.74, 6) is 7.78. The van der Waals surface area contributed by atoms with Crippen molar-refractivity contribution in [3.05, 3.63) is 47.2 Å². The highest BCUT2D eigenvalue weighted by Crippen LogP contribution is 2.22. The fourth-order valence-electron chi connectivity index (χ4n) is 3.53. The first kappa shape index (κ1) is 16.6. The van der Waals surface area contributed by atoms with Gasteiger partial charge in [-0.2, -0.15) is 5.21 Å². The monoisotopic (exact) mass is 373 g/mol. The lowest BCUT2D eigenvalue weighted by Crippen LogP contribution is -2.38. The van der Waals surface area contributed by atoms with Gasteiger partial charge in [0, 0.05) is 31.8 Å². The van der Waals surface area contributed by atoms with Gasteiger partial charge in [-0.1, -0.05) is 23.3 Å². The Labute approximate surface area is 161 Å². The third kappa shape index (κ3) is 3.50. The van der Waals surface area contributed by atoms with Crippen molar-refractivity contribution in [2.45, 2.75) is 13.0 Å². The molecule has 0 bridgehead atoms. The number of H-pyrrole nitrogens is 2. The molecule has 0 amide bonds. The SMILES string of the molecule is C(#Cc1nc2ccccc2[nH]1)CN1CCC2=C(CN(Cc3nn[nH]n3)C=N2)C1. The molecule has 9 nitrogen and oxygen atoms in total. The van der Waals surface area contributed by atoms with E-state index in [1.54, 1.807) is 0 Å². The van der Waals surface area contributed by atoms with Crippen LogP contribution in [0.25, 0.3) is 11.0 Å². The molecule has 2 N–H and O–H groups in total. The van der Waals surface area contributed by atoms with Crippen LogP contribution in [0.1, 0.15) is 18.1 Å². The molecule has 0 unspecified atom stereocenters. The first-order valence-corrected chi connectivity index (χ1v) is 9.21. The van der Waals surface area contributed by atoms with Gasteiger partial charge in [0.1, 0.15) is 0 Å². The number of aromatic nitrogens is 6. The summed E-state index contributed by atoms with van der Waals surface area (Å²) in [6, 6.07) is 7.97. The van der Waals surface area contributed by atoms with Crippen LogP contribution in [-0.4, -0.2) is 72.9 Å². The van der Waals surface area contributed by atoms with Crippen LogP contribution in [0.2, 0.25) is 0 Å². The normalized spacial score (nSPS) is 16.9. The molecule has 28 heavy (non-hydrogen) atoms. The number of imidazole rings is 1. The molecule has 2 aromatic heterocycles. The lowest BCUT2D eigenvalue weighted by atomic mass is 10.0. The molecule has 0 atom stereocenters. The van der Waals surface area contributed by atoms with Crippen molar-refractivity contribution in [1.82, 2.24) is 40.4 Å². The topological polar surface area (TPSA) is 102 Å². The summed E-state index contributed by atoms with van der Waals surface area (Å²) in [5.41, 5.74) is 4.50. The van der Waals surface area contributed by atoms with Crippen molar-refractivity contribution < 1.29 is 0 Å². The molecule has 9 heteroatoms. The van der Waals surface area contributed by atoms with Crippen molar-refractivity contribution in [2.24, 2.45) is 4.99 Å². The van der Waals surface area contributed by atoms with Gasteiger partial charge in [0.2, 0.25) is 0 Å². The number of hydrogen-bond donors (Lipinski definition) is 2. The number of nitrogens with one attached hydrogen (secondary N) is 2. The Kier molecular flexibility index (Phi) is 4.31. The van der Waals surface area contributed by atoms with Crippen LogP contribution in [0.3, 0.4) is 0 Å². The zero-order chi connectivity index (χ0) is 18.8. The van der Waals surface area contributed by atoms with Crippen LogP contribution >= 0.6 is 0 Å². The minimum Gasteiger partial charge on any atom is -0.351 e. The number of tetrazole rings is 1. The Bertz CT molecular complexity index is 1060. The first-order chi connectivity index (χ1) is 13.8. The Hall–Kier alpha value is -3.51. The fourth-order valence-corrected chi connectivity index (χ4v) is 3.53. The number of hydrogen-bond acceptors (Lipinski definition) is 7. The highest BCUT2D eigenvalue weighted by Gasteiger charge is 2.22. The predicted octanol–water partition coefficient (Wildman–Crippen LogP) is 0.931. The van der Waals surface area contributed by atoms with Crippen molar-refractivity contribution in [2.75, 3.05) is 26.2 Å². The maximum Gasteiger partial charge on any atom is 0.193 e. The fraction of sp³-hybridized carbons (Fsp3) is 0.316. The second-order valence-electron chi connectivity index (χ2n) is 6.89. The molecule has 1 aromatic carbocycles. The number of aliphatic imine (C=N–C) groups is 1. The summed E-state index contributed by atoms with van der Waals surface area (Å²) in [6.07, 6.45) is 2.83. The Balaban J connectivity index is 1.21. The summed E-state index contributed by atoms with van der Waals surface area (Å²) >= 11 is 0. The second kappa shape index (κ2) is 7.25. The molecule has 0 aliphatic carbocycles. The number of nitrogens with zero attached hydrogens (tertiary/aromatic N) is 7. The summed E-state index contributed by atoms with van der Waals surface area (Å²) in [6.45, 7) is 3.99. The highest BCUT2D eigenvalue weighted by molar-refractivity contribution is 5.75. The van der Waals surface area contributed by atoms with Crippen LogP contribution in [0, 0.1) is 11.8 Å². The number of aromatic amines is 2. The molecule has 0 saturated carbocycles. The quantitative estimate of drug-likeness (QED) is 0.663. The van der Waals surface area contributed by atoms with Crippen molar-refractivity contribution in [3.63, 3.8) is 0 Å². The van der Waals surface area contributed by atoms with E-state index < -0.39 is 0 Å². The maximum atomic E-state index is 4.62. The number of fused-ring (bicyclic) bond motifs is 1. The third-order valence-electron chi connectivity index (χ3n) is 4.89. The molecule has 0 saturated heterocycles. The lowest BCUT2D eigenvalue weighted by Gasteiger charge is -2.33. The molecule has 0 spiro atoms. The predicted molar refractivity (Wildman–Crippen MR) is 104 cm³/mol. The highest BCUT2D eigenvalue weighted by atomic mass is 15.5. The van der Waals surface area contributed by atoms with E-state index in [-0.39, 0.29) is 0 Å². The van der Waals surface area contributed by atoms with Gasteiger partial charge in [-0.05, 0) is 23.6 Å². The summed E-state index contributed by atoms with van der Waals surface area (Å²) in [7, 11) is 0. The Morgan fingerprint density at radius 1 is 1.18 bits per heavy atom. The molecular weight excluding hydrogens is 354 g/mol. The van der Waals surface area contributed by atoms with Crippen LogP contribution in [0.5, 0.6) is 0 Å². The molecule has 140 valence electrons. The molecule has 3 aromatic rings. The minimum atomic E-state index is 0.600. The smallest absolute Gasteiger partial charge is 0.193 e. The largest absolute Gasteiger partial charge is 0.351 e. The van der Waals surface area contributed by atoms with Crippen molar-refractivity contribution in [1.29, 1.82) is 0 Å². The minimum absolute atomic E-state index is 0.600. The van der Waals surface area contributed by atoms with Crippen molar-refractivity contribution in [3.8, 4) is 11.8 Å². The van der Waals surface area contributed by atoms with Gasteiger partial charge in [0.25, 0.3) is 0 Å². The Morgan fingerprint density at radius 2 is 2.14 bits per heavy atom. The van der Waals surface area contributed by atoms with E-state index >= 15 is 0 Å². The molecule has 0 radical (unpaired) electrons. The number of benzene rings is 1. The van der Waals surface area contributed by atoms with Crippen molar-refractivity contribution >= 4 is 17.4 Å². The van der Waals surface area contributed by atoms with Gasteiger partial charge >= 0.3 is 0 Å². The molecular formula is C19H19N9. The van der Waals surface area contributed by atoms with Crippen LogP contribution < -0.4 is 0 Å². The van der Waals surface area contributed by atoms with Crippen LogP contribution in [-0.2, 0) is 6.54 Å². The molecule has 2 aliphatic rings. The average molecular weight is 373 g/mol. The second-order valence-corrected chi connectivity index (χ2v) is 6.89. The first-order valence-electron chi connectivity index (χ1n) is 9.21. The van der Waals surface area contributed by atoms with Gasteiger partial charge < -0.3 is 9.88 Å². The lowest BCUT2D eigenvalue weighted by molar-refractivity contribution is 0.299. The maximum absolute atomic E-state index is 4.62. The van der Waals surface area contributed by atoms with E-state index in [0.717, 1.165) is 37.1 Å². The van der Waals surface area contributed by atoms with Gasteiger partial charge in [0.05, 0.1) is 30.5 Å². The molecule has 5 rings (SSSR count). The summed E-state index contributed by atoms with van der Waals surface area (Å²) in [4.78, 5) is 16.8. The van der Waals surface area contributed by atoms with E-state index in [1.165, 1.54) is 11.3 Å². The number of para-hydroxylation sites is 2. The van der Waals surface area contributed by atoms with E-state index in [4.69, 9.17) is 0 Å². The van der Waals surface area contributed by atoms with Gasteiger partial charge in [-0.25, -0.2) is 9.98 Å². The van der Waals surface area contributed by atoms with Crippen LogP contribution in [0.4, 0.5) is 0 Å². The van der Waals surface area contributed by atoms with E-state index in [1.807, 2.05) is 30.6 Å². The van der Waals surface area contributed by atoms with Gasteiger partial charge in [-0.15, -0.1) is 10.2 Å². The standard InChI is InChI=1S/C19H19N9/c1-2-5-17-16(4-1)21-18(22-17)6-3-8-27-9-7-15-14(10-27)11-28(13-20-15)12-19-23-25-26-24-19/h1-2,4-5,13H,7-12H2,(H,21,22)(H,23,24,25,26). The Morgan fingerprint density at radius 3 is 3.04 bits per heavy atom. The van der Waals surface area contributed by atoms with Gasteiger partial charge in [-0.3, -0.25) is 4.90 Å². The molecule has 0 fully saturated rings. The average Bonchev–Trinajstić information content (AvgIpc) is 3.37. The summed E-state index contributed by atoms with van der Waals surface area (Å²) < 4.78 is 0. The summed E-state index contributed by atoms with van der Waals surface area (Å²) in [5, 5.41) is 14.1. The van der Waals surface area contributed by atoms with E-state index in [2.05, 4.69) is 57.2 Å². The van der Waals surface area contributed by atoms with E-state index in [9.17, 15) is 0 Å². The zero-order valence-corrected chi connectivity index (χ0v) is 15.3. The third-order valence-corrected chi connectivity index (χ3v) is 4.89. The molecule has 2 aliphatic heterocycles.